The van der Waals surface area contributed by atoms with Crippen LogP contribution in [0, 0.1) is 0 Å². The summed E-state index contributed by atoms with van der Waals surface area (Å²) in [6, 6.07) is 45.3. The summed E-state index contributed by atoms with van der Waals surface area (Å²) in [5.74, 6) is 1.81. The predicted molar refractivity (Wildman–Crippen MR) is 228 cm³/mol. The van der Waals surface area contributed by atoms with Gasteiger partial charge in [0, 0.05) is 49.7 Å². The number of hydrogen-bond donors (Lipinski definition) is 5. The van der Waals surface area contributed by atoms with Gasteiger partial charge in [-0.15, -0.1) is 0 Å². The standard InChI is InChI=1S/C49H40N4O6/c1-56-32-13-5-28(6-14-32)36-27-43-47(49(54)55)42-26-24-40(52-42)45(30-9-17-34(58-3)18-10-30)38-22-21-37(50-38)44(29-7-15-33(57-2)16-8-29)39-23-25-41(51-39)46(48(36)53-43)31-11-19-35(59-4)20-12-31/h5-27,50-53H,1-4H3,(H,54,55). The lowest BCUT2D eigenvalue weighted by Gasteiger charge is -2.12. The Morgan fingerprint density at radius 3 is 1.20 bits per heavy atom. The molecule has 10 nitrogen and oxygen atoms in total. The van der Waals surface area contributed by atoms with E-state index in [1.54, 1.807) is 28.4 Å². The average molecular weight is 781 g/mol. The molecule has 0 radical (unpaired) electrons. The van der Waals surface area contributed by atoms with Crippen LogP contribution in [0.15, 0.2) is 140 Å². The number of rotatable bonds is 9. The van der Waals surface area contributed by atoms with Gasteiger partial charge in [0.05, 0.1) is 45.2 Å². The minimum absolute atomic E-state index is 0.0852. The fraction of sp³-hybridized carbons (Fsp3) is 0.0816. The van der Waals surface area contributed by atoms with Gasteiger partial charge in [-0.3, -0.25) is 0 Å². The molecule has 10 heteroatoms. The van der Waals surface area contributed by atoms with E-state index in [4.69, 9.17) is 18.9 Å². The van der Waals surface area contributed by atoms with Crippen LogP contribution < -0.4 is 40.3 Å². The lowest BCUT2D eigenvalue weighted by molar-refractivity contribution is -0.130. The van der Waals surface area contributed by atoms with E-state index in [0.717, 1.165) is 89.2 Å². The number of benzene rings is 4. The maximum Gasteiger partial charge on any atom is 0.339 e. The zero-order chi connectivity index (χ0) is 40.6. The summed E-state index contributed by atoms with van der Waals surface area (Å²) in [5.41, 5.74) is 9.98. The summed E-state index contributed by atoms with van der Waals surface area (Å²) in [4.78, 5) is 28.1. The van der Waals surface area contributed by atoms with Gasteiger partial charge >= 0.3 is 5.97 Å². The molecule has 0 saturated heterocycles. The van der Waals surface area contributed by atoms with Crippen molar-refractivity contribution in [3.8, 4) is 34.1 Å². The number of H-pyrrole nitrogens is 4. The summed E-state index contributed by atoms with van der Waals surface area (Å²) in [5, 5.41) is 13.8. The Labute approximate surface area is 339 Å². The van der Waals surface area contributed by atoms with Crippen LogP contribution in [0.4, 0.5) is 0 Å². The van der Waals surface area contributed by atoms with Gasteiger partial charge in [0.1, 0.15) is 28.6 Å². The van der Waals surface area contributed by atoms with E-state index in [2.05, 4.69) is 56.3 Å². The van der Waals surface area contributed by atoms with Crippen LogP contribution in [0.3, 0.4) is 0 Å². The van der Waals surface area contributed by atoms with Gasteiger partial charge in [-0.25, -0.2) is 4.79 Å². The largest absolute Gasteiger partial charge is 0.497 e. The first-order chi connectivity index (χ1) is 28.8. The second kappa shape index (κ2) is 15.2. The van der Waals surface area contributed by atoms with Crippen molar-refractivity contribution in [3.05, 3.63) is 200 Å². The number of carboxylic acid groups (broad SMARTS) is 1. The van der Waals surface area contributed by atoms with E-state index in [1.807, 2.05) is 103 Å². The van der Waals surface area contributed by atoms with Gasteiger partial charge in [0.25, 0.3) is 0 Å². The normalized spacial score (nSPS) is 12.4. The highest BCUT2D eigenvalue weighted by atomic mass is 16.5. The van der Waals surface area contributed by atoms with Crippen LogP contribution in [0.1, 0.15) is 39.5 Å². The summed E-state index contributed by atoms with van der Waals surface area (Å²) >= 11 is 0. The van der Waals surface area contributed by atoms with Gasteiger partial charge in [-0.2, -0.15) is 0 Å². The topological polar surface area (TPSA) is 137 Å². The van der Waals surface area contributed by atoms with Gasteiger partial charge in [-0.05, 0) is 113 Å². The number of nitrogens with one attached hydrogen (secondary N) is 4. The third kappa shape index (κ3) is 6.76. The molecule has 5 N–H and O–H groups in total. The number of carbonyl (C=O) groups is 1. The maximum atomic E-state index is 13.4. The van der Waals surface area contributed by atoms with Crippen LogP contribution in [0.5, 0.6) is 23.0 Å². The molecule has 0 unspecified atom stereocenters. The molecular formula is C49H40N4O6. The average Bonchev–Trinajstić information content (AvgIpc) is 4.12. The van der Waals surface area contributed by atoms with Crippen molar-refractivity contribution >= 4 is 28.3 Å². The van der Waals surface area contributed by atoms with Gasteiger partial charge in [0.15, 0.2) is 0 Å². The van der Waals surface area contributed by atoms with Gasteiger partial charge in [0.2, 0.25) is 0 Å². The summed E-state index contributed by atoms with van der Waals surface area (Å²) in [6.45, 7) is 0. The van der Waals surface area contributed by atoms with Crippen molar-refractivity contribution in [2.75, 3.05) is 28.4 Å². The van der Waals surface area contributed by atoms with Crippen LogP contribution in [-0.4, -0.2) is 59.5 Å². The summed E-state index contributed by atoms with van der Waals surface area (Å²) in [6.07, 6.45) is 0. The highest BCUT2D eigenvalue weighted by Crippen LogP contribution is 2.35. The molecule has 8 bridgehead atoms. The number of aromatic nitrogens is 4. The number of ether oxygens (including phenoxy) is 4. The highest BCUT2D eigenvalue weighted by molar-refractivity contribution is 6.14. The molecule has 8 aromatic rings. The predicted octanol–water partition coefficient (Wildman–Crippen LogP) is 6.04. The van der Waals surface area contributed by atoms with E-state index >= 15 is 0 Å². The Bertz CT molecular complexity index is 3090. The zero-order valence-corrected chi connectivity index (χ0v) is 32.8. The number of hydrogen-bond acceptors (Lipinski definition) is 5. The lowest BCUT2D eigenvalue weighted by atomic mass is 9.96. The molecule has 1 aliphatic heterocycles. The third-order valence-corrected chi connectivity index (χ3v) is 10.8. The smallest absolute Gasteiger partial charge is 0.339 e. The first kappa shape index (κ1) is 36.8. The molecule has 59 heavy (non-hydrogen) atoms. The first-order valence-corrected chi connectivity index (χ1v) is 19.0. The number of carboxylic acids is 1. The van der Waals surface area contributed by atoms with Crippen LogP contribution in [-0.2, 0) is 4.79 Å². The Balaban J connectivity index is 1.45. The third-order valence-electron chi connectivity index (χ3n) is 10.8. The molecule has 4 aromatic carbocycles. The minimum atomic E-state index is -1.09. The molecule has 4 aromatic heterocycles. The van der Waals surface area contributed by atoms with Gasteiger partial charge < -0.3 is 44.0 Å². The number of aromatic amines is 4. The Morgan fingerprint density at radius 2 is 0.780 bits per heavy atom. The van der Waals surface area contributed by atoms with Crippen LogP contribution in [0.2, 0.25) is 0 Å². The Morgan fingerprint density at radius 1 is 0.407 bits per heavy atom. The quantitative estimate of drug-likeness (QED) is 0.121. The van der Waals surface area contributed by atoms with Crippen molar-refractivity contribution in [2.24, 2.45) is 0 Å². The van der Waals surface area contributed by atoms with Crippen LogP contribution >= 0.6 is 0 Å². The molecule has 0 saturated carbocycles. The van der Waals surface area contributed by atoms with E-state index in [-0.39, 0.29) is 5.57 Å². The van der Waals surface area contributed by atoms with Gasteiger partial charge in [-0.1, -0.05) is 48.5 Å². The monoisotopic (exact) mass is 780 g/mol. The van der Waals surface area contributed by atoms with Crippen molar-refractivity contribution in [3.63, 3.8) is 0 Å². The first-order valence-electron chi connectivity index (χ1n) is 19.0. The fourth-order valence-electron chi connectivity index (χ4n) is 7.84. The molecule has 0 amide bonds. The van der Waals surface area contributed by atoms with E-state index in [0.29, 0.717) is 22.5 Å². The molecule has 1 aliphatic rings. The van der Waals surface area contributed by atoms with E-state index < -0.39 is 5.97 Å². The number of methoxy groups -OCH3 is 4. The molecular weight excluding hydrogens is 741 g/mol. The molecule has 292 valence electrons. The summed E-state index contributed by atoms with van der Waals surface area (Å²) < 4.78 is 22.1. The maximum absolute atomic E-state index is 13.4. The molecule has 0 spiro atoms. The Kier molecular flexibility index (Phi) is 9.50. The van der Waals surface area contributed by atoms with Crippen molar-refractivity contribution in [1.82, 2.24) is 19.9 Å². The van der Waals surface area contributed by atoms with Crippen molar-refractivity contribution < 1.29 is 28.8 Å². The highest BCUT2D eigenvalue weighted by Gasteiger charge is 2.24. The van der Waals surface area contributed by atoms with Crippen molar-refractivity contribution in [2.45, 2.75) is 0 Å². The summed E-state index contributed by atoms with van der Waals surface area (Å²) in [7, 11) is 6.57. The molecule has 0 fully saturated rings. The SMILES string of the molecule is COc1ccc(C2=c3ccc([nH]3)=C(C(=O)O)c3cc(-c4ccc(OC)cc4)c([nH]3)C(c3ccc(OC)cc3)=c3ccc([nH]3)=C(c3ccc(OC)cc3)c3ccc2[nH]3)cc1. The molecule has 0 atom stereocenters. The number of aliphatic carboxylic acids is 1. The Hall–Kier alpha value is -7.85. The fourth-order valence-corrected chi connectivity index (χ4v) is 7.84. The molecule has 0 aliphatic carbocycles. The zero-order valence-electron chi connectivity index (χ0n) is 32.8. The van der Waals surface area contributed by atoms with E-state index in [9.17, 15) is 9.90 Å². The minimum Gasteiger partial charge on any atom is -0.497 e. The number of fused-ring (bicyclic) bond motifs is 8. The lowest BCUT2D eigenvalue weighted by Crippen LogP contribution is -2.21. The van der Waals surface area contributed by atoms with Crippen molar-refractivity contribution in [1.29, 1.82) is 0 Å². The molecule has 9 rings (SSSR count). The second-order valence-corrected chi connectivity index (χ2v) is 14.0. The second-order valence-electron chi connectivity index (χ2n) is 14.0. The van der Waals surface area contributed by atoms with E-state index in [1.165, 1.54) is 0 Å². The molecule has 5 heterocycles. The van der Waals surface area contributed by atoms with Crippen LogP contribution in [0.25, 0.3) is 33.4 Å².